The van der Waals surface area contributed by atoms with Gasteiger partial charge in [0.1, 0.15) is 0 Å². The average molecular weight is 208 g/mol. The molecule has 0 aliphatic heterocycles. The Kier molecular flexibility index (Phi) is 4.80. The minimum Gasteiger partial charge on any atom is -0.330 e. The molecular formula is C11H16N2O2. The van der Waals surface area contributed by atoms with Gasteiger partial charge < -0.3 is 5.73 Å². The molecule has 0 radical (unpaired) electrons. The first-order chi connectivity index (χ1) is 7.27. The molecule has 0 aliphatic carbocycles. The van der Waals surface area contributed by atoms with E-state index in [1.54, 1.807) is 12.1 Å². The molecule has 0 heterocycles. The second kappa shape index (κ2) is 6.16. The lowest BCUT2D eigenvalue weighted by Crippen LogP contribution is -2.23. The van der Waals surface area contributed by atoms with Crippen molar-refractivity contribution in [2.24, 2.45) is 5.73 Å². The number of nitrogens with two attached hydrogens (primary N) is 1. The Morgan fingerprint density at radius 1 is 1.40 bits per heavy atom. The summed E-state index contributed by atoms with van der Waals surface area (Å²) in [7, 11) is 0. The van der Waals surface area contributed by atoms with Crippen molar-refractivity contribution in [3.05, 3.63) is 35.4 Å². The fourth-order valence-corrected chi connectivity index (χ4v) is 1.19. The number of amides is 1. The maximum absolute atomic E-state index is 11.4. The molecule has 0 saturated carbocycles. The molecule has 4 heteroatoms. The second-order valence-corrected chi connectivity index (χ2v) is 3.10. The number of nitrogens with one attached hydrogen (secondary N) is 1. The van der Waals surface area contributed by atoms with Crippen molar-refractivity contribution in [2.75, 3.05) is 13.2 Å². The number of hydrogen-bond donors (Lipinski definition) is 2. The lowest BCUT2D eigenvalue weighted by molar-refractivity contribution is 0.0364. The molecule has 0 aliphatic rings. The van der Waals surface area contributed by atoms with Gasteiger partial charge in [0.25, 0.3) is 5.91 Å². The molecule has 4 nitrogen and oxygen atoms in total. The Morgan fingerprint density at radius 3 is 2.60 bits per heavy atom. The molecule has 0 spiro atoms. The highest BCUT2D eigenvalue weighted by Crippen LogP contribution is 2.04. The zero-order chi connectivity index (χ0) is 11.1. The van der Waals surface area contributed by atoms with Crippen LogP contribution in [0.2, 0.25) is 0 Å². The van der Waals surface area contributed by atoms with Crippen LogP contribution in [0.1, 0.15) is 22.8 Å². The molecule has 0 bridgehead atoms. The third kappa shape index (κ3) is 3.69. The fourth-order valence-electron chi connectivity index (χ4n) is 1.19. The number of benzene rings is 1. The maximum Gasteiger partial charge on any atom is 0.274 e. The first-order valence-electron chi connectivity index (χ1n) is 4.99. The lowest BCUT2D eigenvalue weighted by atomic mass is 10.1. The van der Waals surface area contributed by atoms with Crippen LogP contribution >= 0.6 is 0 Å². The third-order valence-corrected chi connectivity index (χ3v) is 1.96. The van der Waals surface area contributed by atoms with E-state index >= 15 is 0 Å². The van der Waals surface area contributed by atoms with Gasteiger partial charge in [0.15, 0.2) is 0 Å². The van der Waals surface area contributed by atoms with Crippen molar-refractivity contribution in [3.63, 3.8) is 0 Å². The van der Waals surface area contributed by atoms with Crippen LogP contribution < -0.4 is 11.2 Å². The van der Waals surface area contributed by atoms with Crippen molar-refractivity contribution in [2.45, 2.75) is 13.3 Å². The van der Waals surface area contributed by atoms with Crippen molar-refractivity contribution >= 4 is 5.91 Å². The van der Waals surface area contributed by atoms with Gasteiger partial charge in [0.05, 0.1) is 6.61 Å². The van der Waals surface area contributed by atoms with E-state index in [0.29, 0.717) is 18.7 Å². The van der Waals surface area contributed by atoms with Crippen LogP contribution in [0.5, 0.6) is 0 Å². The van der Waals surface area contributed by atoms with Crippen molar-refractivity contribution in [1.29, 1.82) is 0 Å². The predicted octanol–water partition coefficient (Wildman–Crippen LogP) is 0.869. The van der Waals surface area contributed by atoms with Crippen LogP contribution in [0.25, 0.3) is 0 Å². The van der Waals surface area contributed by atoms with Crippen LogP contribution in [0.4, 0.5) is 0 Å². The third-order valence-electron chi connectivity index (χ3n) is 1.96. The monoisotopic (exact) mass is 208 g/mol. The molecule has 0 aromatic heterocycles. The summed E-state index contributed by atoms with van der Waals surface area (Å²) in [6.45, 7) is 2.88. The van der Waals surface area contributed by atoms with Crippen LogP contribution in [0.15, 0.2) is 24.3 Å². The molecule has 82 valence electrons. The minimum atomic E-state index is -0.226. The van der Waals surface area contributed by atoms with E-state index in [4.69, 9.17) is 10.6 Å². The van der Waals surface area contributed by atoms with E-state index in [-0.39, 0.29) is 5.91 Å². The highest BCUT2D eigenvalue weighted by atomic mass is 16.6. The molecule has 15 heavy (non-hydrogen) atoms. The van der Waals surface area contributed by atoms with E-state index in [2.05, 4.69) is 5.48 Å². The van der Waals surface area contributed by atoms with E-state index in [0.717, 1.165) is 12.0 Å². The first-order valence-corrected chi connectivity index (χ1v) is 4.99. The van der Waals surface area contributed by atoms with E-state index in [9.17, 15) is 4.79 Å². The number of hydroxylamine groups is 1. The summed E-state index contributed by atoms with van der Waals surface area (Å²) in [5.74, 6) is -0.226. The van der Waals surface area contributed by atoms with Gasteiger partial charge >= 0.3 is 0 Å². The van der Waals surface area contributed by atoms with Crippen molar-refractivity contribution in [3.8, 4) is 0 Å². The van der Waals surface area contributed by atoms with Gasteiger partial charge in [0, 0.05) is 5.56 Å². The summed E-state index contributed by atoms with van der Waals surface area (Å²) in [5, 5.41) is 0. The molecule has 1 aromatic rings. The lowest BCUT2D eigenvalue weighted by Gasteiger charge is -2.04. The summed E-state index contributed by atoms with van der Waals surface area (Å²) >= 11 is 0. The summed E-state index contributed by atoms with van der Waals surface area (Å²) < 4.78 is 0. The topological polar surface area (TPSA) is 64.3 Å². The van der Waals surface area contributed by atoms with Crippen molar-refractivity contribution < 1.29 is 9.63 Å². The Hall–Kier alpha value is -1.39. The Balaban J connectivity index is 2.58. The van der Waals surface area contributed by atoms with Crippen LogP contribution in [0, 0.1) is 0 Å². The first kappa shape index (κ1) is 11.7. The zero-order valence-electron chi connectivity index (χ0n) is 8.82. The maximum atomic E-state index is 11.4. The Bertz CT molecular complexity index is 309. The van der Waals surface area contributed by atoms with Crippen molar-refractivity contribution in [1.82, 2.24) is 5.48 Å². The molecule has 1 aromatic carbocycles. The SMILES string of the molecule is CCONC(=O)c1ccc(CCN)cc1. The van der Waals surface area contributed by atoms with Crippen LogP contribution in [0.3, 0.4) is 0 Å². The van der Waals surface area contributed by atoms with E-state index in [1.807, 2.05) is 19.1 Å². The standard InChI is InChI=1S/C11H16N2O2/c1-2-15-13-11(14)10-5-3-9(4-6-10)7-8-12/h3-6H,2,7-8,12H2,1H3,(H,13,14). The molecule has 1 amide bonds. The summed E-state index contributed by atoms with van der Waals surface area (Å²) in [6.07, 6.45) is 0.827. The number of hydrogen-bond acceptors (Lipinski definition) is 3. The molecule has 0 saturated heterocycles. The summed E-state index contributed by atoms with van der Waals surface area (Å²) in [6, 6.07) is 7.32. The van der Waals surface area contributed by atoms with Gasteiger partial charge in [-0.1, -0.05) is 12.1 Å². The Morgan fingerprint density at radius 2 is 2.07 bits per heavy atom. The predicted molar refractivity (Wildman–Crippen MR) is 58.3 cm³/mol. The second-order valence-electron chi connectivity index (χ2n) is 3.10. The van der Waals surface area contributed by atoms with E-state index < -0.39 is 0 Å². The average Bonchev–Trinajstić information content (AvgIpc) is 2.27. The number of carbonyl (C=O) groups is 1. The normalized spacial score (nSPS) is 10.0. The Labute approximate surface area is 89.4 Å². The van der Waals surface area contributed by atoms with Gasteiger partial charge in [-0.2, -0.15) is 0 Å². The van der Waals surface area contributed by atoms with Gasteiger partial charge in [-0.05, 0) is 37.6 Å². The van der Waals surface area contributed by atoms with Gasteiger partial charge in [-0.25, -0.2) is 5.48 Å². The molecule has 3 N–H and O–H groups in total. The summed E-state index contributed by atoms with van der Waals surface area (Å²) in [5.41, 5.74) is 9.48. The van der Waals surface area contributed by atoms with Crippen LogP contribution in [-0.4, -0.2) is 19.1 Å². The molecule has 0 fully saturated rings. The number of carbonyl (C=O) groups excluding carboxylic acids is 1. The van der Waals surface area contributed by atoms with Crippen LogP contribution in [-0.2, 0) is 11.3 Å². The number of rotatable bonds is 5. The van der Waals surface area contributed by atoms with E-state index in [1.165, 1.54) is 0 Å². The molecular weight excluding hydrogens is 192 g/mol. The highest BCUT2D eigenvalue weighted by Gasteiger charge is 2.03. The molecule has 1 rings (SSSR count). The van der Waals surface area contributed by atoms with Gasteiger partial charge in [0.2, 0.25) is 0 Å². The van der Waals surface area contributed by atoms with Gasteiger partial charge in [-0.3, -0.25) is 9.63 Å². The molecule has 0 atom stereocenters. The quantitative estimate of drug-likeness (QED) is 0.706. The van der Waals surface area contributed by atoms with Gasteiger partial charge in [-0.15, -0.1) is 0 Å². The largest absolute Gasteiger partial charge is 0.330 e. The zero-order valence-corrected chi connectivity index (χ0v) is 8.82. The highest BCUT2D eigenvalue weighted by molar-refractivity contribution is 5.93. The smallest absolute Gasteiger partial charge is 0.274 e. The molecule has 0 unspecified atom stereocenters. The summed E-state index contributed by atoms with van der Waals surface area (Å²) in [4.78, 5) is 16.2. The minimum absolute atomic E-state index is 0.226. The fraction of sp³-hybridized carbons (Fsp3) is 0.364.